The summed E-state index contributed by atoms with van der Waals surface area (Å²) in [5.41, 5.74) is 17.1. The van der Waals surface area contributed by atoms with E-state index in [0.29, 0.717) is 0 Å². The first-order valence-electron chi connectivity index (χ1n) is 22.5. The second-order valence-electron chi connectivity index (χ2n) is 16.9. The lowest BCUT2D eigenvalue weighted by atomic mass is 9.97. The monoisotopic (exact) mass is 841 g/mol. The van der Waals surface area contributed by atoms with E-state index in [9.17, 15) is 0 Å². The van der Waals surface area contributed by atoms with Crippen molar-refractivity contribution in [1.29, 1.82) is 0 Å². The van der Waals surface area contributed by atoms with Gasteiger partial charge in [-0.2, -0.15) is 0 Å². The smallest absolute Gasteiger partial charge is 0.135 e. The first-order valence-corrected chi connectivity index (χ1v) is 22.5. The molecule has 0 N–H and O–H groups in total. The molecule has 0 aliphatic carbocycles. The fraction of sp³-hybridized carbons (Fsp3) is 0. The molecular formula is C64H43NO. The third-order valence-corrected chi connectivity index (χ3v) is 12.9. The molecule has 12 aromatic rings. The molecule has 0 saturated carbocycles. The molecule has 0 spiro atoms. The number of furan rings is 1. The maximum Gasteiger partial charge on any atom is 0.135 e. The third kappa shape index (κ3) is 7.51. The molecule has 0 saturated heterocycles. The predicted octanol–water partition coefficient (Wildman–Crippen LogP) is 18.2. The van der Waals surface area contributed by atoms with Crippen LogP contribution in [0.1, 0.15) is 0 Å². The Balaban J connectivity index is 0.843. The van der Waals surface area contributed by atoms with E-state index < -0.39 is 0 Å². The summed E-state index contributed by atoms with van der Waals surface area (Å²) < 4.78 is 6.19. The van der Waals surface area contributed by atoms with Crippen LogP contribution in [0.2, 0.25) is 0 Å². The Labute approximate surface area is 384 Å². The van der Waals surface area contributed by atoms with E-state index in [-0.39, 0.29) is 0 Å². The van der Waals surface area contributed by atoms with Gasteiger partial charge in [-0.15, -0.1) is 0 Å². The Morgan fingerprint density at radius 1 is 0.227 bits per heavy atom. The van der Waals surface area contributed by atoms with Crippen LogP contribution in [-0.2, 0) is 0 Å². The van der Waals surface area contributed by atoms with Crippen molar-refractivity contribution in [1.82, 2.24) is 0 Å². The van der Waals surface area contributed by atoms with Gasteiger partial charge < -0.3 is 9.32 Å². The van der Waals surface area contributed by atoms with Gasteiger partial charge in [0.15, 0.2) is 0 Å². The molecule has 0 atom stereocenters. The molecule has 2 nitrogen and oxygen atoms in total. The van der Waals surface area contributed by atoms with Crippen molar-refractivity contribution in [2.24, 2.45) is 0 Å². The van der Waals surface area contributed by atoms with Gasteiger partial charge in [0.1, 0.15) is 11.3 Å². The summed E-state index contributed by atoms with van der Waals surface area (Å²) in [5, 5.41) is 6.18. The Morgan fingerprint density at radius 3 is 1.20 bits per heavy atom. The van der Waals surface area contributed by atoms with Crippen molar-refractivity contribution in [2.75, 3.05) is 4.90 Å². The number of anilines is 3. The molecule has 1 heterocycles. The topological polar surface area (TPSA) is 16.4 Å². The highest BCUT2D eigenvalue weighted by Crippen LogP contribution is 2.39. The van der Waals surface area contributed by atoms with Crippen LogP contribution in [0.25, 0.3) is 99.5 Å². The molecule has 0 unspecified atom stereocenters. The fourth-order valence-corrected chi connectivity index (χ4v) is 9.37. The SMILES string of the molecule is c1ccc(-c2ccc(-c3ccc(N(c4ccc(-c5ccc(-c6cccc(-c7cc8ccccc8o7)c6)cc5)cc4)c4ccc(-c5ccc6c(ccc7ccccc76)c5)cc4)cc3)cc2)cc1. The molecule has 0 aliphatic heterocycles. The number of fused-ring (bicyclic) bond motifs is 4. The van der Waals surface area contributed by atoms with E-state index in [0.717, 1.165) is 56.0 Å². The summed E-state index contributed by atoms with van der Waals surface area (Å²) in [7, 11) is 0. The molecule has 0 fully saturated rings. The van der Waals surface area contributed by atoms with E-state index in [1.165, 1.54) is 60.5 Å². The zero-order valence-corrected chi connectivity index (χ0v) is 36.2. The van der Waals surface area contributed by atoms with E-state index in [2.05, 4.69) is 248 Å². The van der Waals surface area contributed by atoms with Gasteiger partial charge in [-0.05, 0) is 138 Å². The van der Waals surface area contributed by atoms with E-state index >= 15 is 0 Å². The maximum absolute atomic E-state index is 6.19. The van der Waals surface area contributed by atoms with Gasteiger partial charge in [0.05, 0.1) is 0 Å². The Kier molecular flexibility index (Phi) is 9.89. The lowest BCUT2D eigenvalue weighted by Gasteiger charge is -2.26. The predicted molar refractivity (Wildman–Crippen MR) is 279 cm³/mol. The molecule has 66 heavy (non-hydrogen) atoms. The number of hydrogen-bond acceptors (Lipinski definition) is 2. The first kappa shape index (κ1) is 38.9. The molecule has 0 bridgehead atoms. The van der Waals surface area contributed by atoms with Crippen LogP contribution >= 0.6 is 0 Å². The molecule has 2 heteroatoms. The van der Waals surface area contributed by atoms with E-state index in [4.69, 9.17) is 4.42 Å². The molecule has 0 amide bonds. The summed E-state index contributed by atoms with van der Waals surface area (Å²) in [6.45, 7) is 0. The number of nitrogens with zero attached hydrogens (tertiary/aromatic N) is 1. The number of benzene rings is 11. The lowest BCUT2D eigenvalue weighted by Crippen LogP contribution is -2.09. The highest BCUT2D eigenvalue weighted by Gasteiger charge is 2.15. The molecule has 1 aromatic heterocycles. The van der Waals surface area contributed by atoms with Gasteiger partial charge in [0.2, 0.25) is 0 Å². The zero-order chi connectivity index (χ0) is 43.8. The van der Waals surface area contributed by atoms with Gasteiger partial charge in [-0.25, -0.2) is 0 Å². The number of hydrogen-bond donors (Lipinski definition) is 0. The second-order valence-corrected chi connectivity index (χ2v) is 16.9. The lowest BCUT2D eigenvalue weighted by molar-refractivity contribution is 0.631. The maximum atomic E-state index is 6.19. The number of rotatable bonds is 9. The molecule has 0 radical (unpaired) electrons. The van der Waals surface area contributed by atoms with Crippen LogP contribution in [0.3, 0.4) is 0 Å². The molecule has 310 valence electrons. The van der Waals surface area contributed by atoms with Crippen molar-refractivity contribution in [3.8, 4) is 67.0 Å². The summed E-state index contributed by atoms with van der Waals surface area (Å²) in [5.74, 6) is 0.878. The third-order valence-electron chi connectivity index (χ3n) is 12.9. The Bertz CT molecular complexity index is 3610. The van der Waals surface area contributed by atoms with Crippen LogP contribution in [0, 0.1) is 0 Å². The summed E-state index contributed by atoms with van der Waals surface area (Å²) in [6.07, 6.45) is 0. The van der Waals surface area contributed by atoms with Gasteiger partial charge in [0, 0.05) is 28.0 Å². The van der Waals surface area contributed by atoms with Crippen LogP contribution in [-0.4, -0.2) is 0 Å². The highest BCUT2D eigenvalue weighted by atomic mass is 16.3. The van der Waals surface area contributed by atoms with Crippen LogP contribution < -0.4 is 4.90 Å². The van der Waals surface area contributed by atoms with Crippen molar-refractivity contribution in [3.63, 3.8) is 0 Å². The average Bonchev–Trinajstić information content (AvgIpc) is 3.85. The van der Waals surface area contributed by atoms with Gasteiger partial charge >= 0.3 is 0 Å². The summed E-state index contributed by atoms with van der Waals surface area (Å²) >= 11 is 0. The Morgan fingerprint density at radius 2 is 0.621 bits per heavy atom. The highest BCUT2D eigenvalue weighted by molar-refractivity contribution is 6.08. The molecular weight excluding hydrogens is 799 g/mol. The normalized spacial score (nSPS) is 11.3. The quantitative estimate of drug-likeness (QED) is 0.135. The minimum atomic E-state index is 0.878. The standard InChI is InChI=1S/C64H43NO/c1-2-9-44(10-3-1)45-17-19-46(20-18-45)48-27-34-58(35-28-48)65(60-38-31-51(32-39-60)54-33-40-62-55(41-54)26-25-52-11-4-6-15-61(52)62)59-36-29-49(30-37-59)47-21-23-50(24-22-47)53-13-8-14-56(42-53)64-43-57-12-5-7-16-63(57)66-64/h1-43H. The molecule has 12 rings (SSSR count). The Hall–Kier alpha value is -8.72. The first-order chi connectivity index (χ1) is 32.7. The van der Waals surface area contributed by atoms with Crippen molar-refractivity contribution in [2.45, 2.75) is 0 Å². The minimum absolute atomic E-state index is 0.878. The molecule has 11 aromatic carbocycles. The van der Waals surface area contributed by atoms with Gasteiger partial charge in [0.25, 0.3) is 0 Å². The van der Waals surface area contributed by atoms with Gasteiger partial charge in [-0.3, -0.25) is 0 Å². The molecule has 0 aliphatic rings. The second kappa shape index (κ2) is 16.8. The van der Waals surface area contributed by atoms with Crippen molar-refractivity contribution < 1.29 is 4.42 Å². The van der Waals surface area contributed by atoms with Crippen molar-refractivity contribution in [3.05, 3.63) is 261 Å². The summed E-state index contributed by atoms with van der Waals surface area (Å²) in [6, 6.07) is 93.8. The largest absolute Gasteiger partial charge is 0.456 e. The minimum Gasteiger partial charge on any atom is -0.456 e. The average molecular weight is 842 g/mol. The van der Waals surface area contributed by atoms with Gasteiger partial charge in [-0.1, -0.05) is 200 Å². The van der Waals surface area contributed by atoms with E-state index in [1.807, 2.05) is 18.2 Å². The van der Waals surface area contributed by atoms with E-state index in [1.54, 1.807) is 0 Å². The summed E-state index contributed by atoms with van der Waals surface area (Å²) in [4.78, 5) is 2.35. The zero-order valence-electron chi connectivity index (χ0n) is 36.2. The fourth-order valence-electron chi connectivity index (χ4n) is 9.37. The van der Waals surface area contributed by atoms with Crippen LogP contribution in [0.15, 0.2) is 265 Å². The van der Waals surface area contributed by atoms with Crippen LogP contribution in [0.5, 0.6) is 0 Å². The van der Waals surface area contributed by atoms with Crippen LogP contribution in [0.4, 0.5) is 17.1 Å². The number of para-hydroxylation sites is 1. The van der Waals surface area contributed by atoms with Crippen molar-refractivity contribution >= 4 is 49.6 Å².